The number of nitrogens with zero attached hydrogens (tertiary/aromatic N) is 5. The van der Waals surface area contributed by atoms with Gasteiger partial charge in [0.05, 0.1) is 12.3 Å². The van der Waals surface area contributed by atoms with Crippen LogP contribution in [0.25, 0.3) is 6.08 Å². The summed E-state index contributed by atoms with van der Waals surface area (Å²) < 4.78 is 31.0. The molecule has 192 valence electrons. The Bertz CT molecular complexity index is 1400. The lowest BCUT2D eigenvalue weighted by Gasteiger charge is -2.33. The van der Waals surface area contributed by atoms with E-state index in [9.17, 15) is 8.42 Å². The van der Waals surface area contributed by atoms with Crippen LogP contribution in [0.4, 0.5) is 11.6 Å². The molecule has 0 spiro atoms. The lowest BCUT2D eigenvalue weighted by molar-refractivity contribution is 0.182. The second kappa shape index (κ2) is 11.5. The molecule has 4 rings (SSSR count). The molecule has 0 aliphatic carbocycles. The van der Waals surface area contributed by atoms with Gasteiger partial charge < -0.3 is 10.1 Å². The van der Waals surface area contributed by atoms with Crippen LogP contribution in [0.2, 0.25) is 0 Å². The van der Waals surface area contributed by atoms with Crippen molar-refractivity contribution in [3.8, 4) is 17.7 Å². The van der Waals surface area contributed by atoms with E-state index in [1.807, 2.05) is 56.3 Å². The highest BCUT2D eigenvalue weighted by Crippen LogP contribution is 2.30. The van der Waals surface area contributed by atoms with Crippen molar-refractivity contribution < 1.29 is 13.2 Å². The number of anilines is 2. The highest BCUT2D eigenvalue weighted by Gasteiger charge is 2.23. The van der Waals surface area contributed by atoms with E-state index < -0.39 is 10.0 Å². The van der Waals surface area contributed by atoms with Crippen molar-refractivity contribution in [2.75, 3.05) is 37.8 Å². The SMILES string of the molecule is Cc1cc(/C=C/C#N)cc(C)c1Oc1ccnc(Nc2ccc(CN3CCN(S(C)(=O)=O)CC3)cc2)n1. The summed E-state index contributed by atoms with van der Waals surface area (Å²) in [5.41, 5.74) is 4.82. The monoisotopic (exact) mass is 518 g/mol. The zero-order valence-corrected chi connectivity index (χ0v) is 22.0. The maximum Gasteiger partial charge on any atom is 0.230 e. The number of sulfonamides is 1. The summed E-state index contributed by atoms with van der Waals surface area (Å²) in [7, 11) is -3.12. The molecule has 0 radical (unpaired) electrons. The number of benzene rings is 2. The van der Waals surface area contributed by atoms with Gasteiger partial charge in [0.25, 0.3) is 0 Å². The Morgan fingerprint density at radius 2 is 1.76 bits per heavy atom. The Labute approximate surface area is 218 Å². The van der Waals surface area contributed by atoms with E-state index in [-0.39, 0.29) is 0 Å². The minimum Gasteiger partial charge on any atom is -0.438 e. The Balaban J connectivity index is 1.37. The molecule has 1 aliphatic rings. The number of aromatic nitrogens is 2. The van der Waals surface area contributed by atoms with Gasteiger partial charge >= 0.3 is 0 Å². The van der Waals surface area contributed by atoms with Crippen molar-refractivity contribution in [3.05, 3.63) is 77.0 Å². The van der Waals surface area contributed by atoms with Gasteiger partial charge in [0, 0.05) is 56.8 Å². The molecule has 9 nitrogen and oxygen atoms in total. The van der Waals surface area contributed by atoms with Crippen LogP contribution < -0.4 is 10.1 Å². The molecule has 0 saturated carbocycles. The first kappa shape index (κ1) is 26.3. The van der Waals surface area contributed by atoms with Crippen LogP contribution >= 0.6 is 0 Å². The molecule has 1 saturated heterocycles. The van der Waals surface area contributed by atoms with Crippen LogP contribution in [-0.2, 0) is 16.6 Å². The molecule has 37 heavy (non-hydrogen) atoms. The highest BCUT2D eigenvalue weighted by atomic mass is 32.2. The molecule has 1 aliphatic heterocycles. The lowest BCUT2D eigenvalue weighted by Crippen LogP contribution is -2.47. The molecular weight excluding hydrogens is 488 g/mol. The average Bonchev–Trinajstić information content (AvgIpc) is 2.86. The minimum absolute atomic E-state index is 0.422. The maximum absolute atomic E-state index is 11.7. The number of hydrogen-bond acceptors (Lipinski definition) is 8. The third kappa shape index (κ3) is 7.13. The molecular formula is C27H30N6O3S. The fourth-order valence-electron chi connectivity index (χ4n) is 4.24. The number of nitrogens with one attached hydrogen (secondary N) is 1. The molecule has 0 unspecified atom stereocenters. The van der Waals surface area contributed by atoms with Crippen molar-refractivity contribution in [2.24, 2.45) is 0 Å². The molecule has 0 amide bonds. The van der Waals surface area contributed by atoms with Gasteiger partial charge in [-0.2, -0.15) is 14.6 Å². The van der Waals surface area contributed by atoms with Crippen LogP contribution in [0.3, 0.4) is 0 Å². The molecule has 1 fully saturated rings. The van der Waals surface area contributed by atoms with Gasteiger partial charge in [0.15, 0.2) is 0 Å². The quantitative estimate of drug-likeness (QED) is 0.441. The van der Waals surface area contributed by atoms with Crippen LogP contribution in [0.15, 0.2) is 54.7 Å². The topological polar surface area (TPSA) is 111 Å². The van der Waals surface area contributed by atoms with Gasteiger partial charge in [-0.1, -0.05) is 12.1 Å². The number of nitriles is 1. The van der Waals surface area contributed by atoms with E-state index in [1.165, 1.54) is 16.6 Å². The molecule has 1 aromatic heterocycles. The first-order chi connectivity index (χ1) is 17.7. The fraction of sp³-hybridized carbons (Fsp3) is 0.296. The summed E-state index contributed by atoms with van der Waals surface area (Å²) in [5.74, 6) is 1.57. The van der Waals surface area contributed by atoms with Gasteiger partial charge in [-0.15, -0.1) is 0 Å². The first-order valence-corrected chi connectivity index (χ1v) is 13.8. The van der Waals surface area contributed by atoms with E-state index in [4.69, 9.17) is 10.00 Å². The molecule has 0 atom stereocenters. The lowest BCUT2D eigenvalue weighted by atomic mass is 10.1. The number of hydrogen-bond donors (Lipinski definition) is 1. The van der Waals surface area contributed by atoms with Crippen LogP contribution in [-0.4, -0.2) is 60.0 Å². The smallest absolute Gasteiger partial charge is 0.230 e. The molecule has 3 aromatic rings. The fourth-order valence-corrected chi connectivity index (χ4v) is 5.06. The summed E-state index contributed by atoms with van der Waals surface area (Å²) in [6.45, 7) is 7.16. The zero-order chi connectivity index (χ0) is 26.4. The highest BCUT2D eigenvalue weighted by molar-refractivity contribution is 7.88. The Morgan fingerprint density at radius 1 is 1.08 bits per heavy atom. The maximum atomic E-state index is 11.7. The summed E-state index contributed by atoms with van der Waals surface area (Å²) in [5, 5.41) is 12.0. The van der Waals surface area contributed by atoms with Gasteiger partial charge in [0.2, 0.25) is 21.9 Å². The summed E-state index contributed by atoms with van der Waals surface area (Å²) in [6.07, 6.45) is 6.12. The van der Waals surface area contributed by atoms with Crippen molar-refractivity contribution in [3.63, 3.8) is 0 Å². The predicted octanol–water partition coefficient (Wildman–Crippen LogP) is 4.24. The average molecular weight is 519 g/mol. The Hall–Kier alpha value is -3.78. The number of ether oxygens (including phenoxy) is 1. The van der Waals surface area contributed by atoms with Crippen LogP contribution in [0.5, 0.6) is 11.6 Å². The summed E-state index contributed by atoms with van der Waals surface area (Å²) >= 11 is 0. The number of rotatable bonds is 8. The van der Waals surface area contributed by atoms with Gasteiger partial charge in [-0.05, 0) is 66.4 Å². The Kier molecular flexibility index (Phi) is 8.18. The van der Waals surface area contributed by atoms with E-state index in [1.54, 1.807) is 18.3 Å². The largest absolute Gasteiger partial charge is 0.438 e. The van der Waals surface area contributed by atoms with E-state index in [2.05, 4.69) is 20.2 Å². The van der Waals surface area contributed by atoms with Crippen molar-refractivity contribution in [1.82, 2.24) is 19.2 Å². The first-order valence-electron chi connectivity index (χ1n) is 11.9. The van der Waals surface area contributed by atoms with Crippen molar-refractivity contribution in [1.29, 1.82) is 5.26 Å². The standard InChI is InChI=1S/C27H30N6O3S/c1-20-17-23(5-4-11-28)18-21(2)26(20)36-25-10-12-29-27(31-25)30-24-8-6-22(7-9-24)19-32-13-15-33(16-14-32)37(3,34)35/h4-10,12,17-18H,13-16,19H2,1-3H3,(H,29,30,31)/b5-4+. The number of piperazine rings is 1. The van der Waals surface area contributed by atoms with Crippen molar-refractivity contribution in [2.45, 2.75) is 20.4 Å². The third-order valence-electron chi connectivity index (χ3n) is 6.09. The van der Waals surface area contributed by atoms with Crippen LogP contribution in [0, 0.1) is 25.2 Å². The molecule has 2 heterocycles. The second-order valence-electron chi connectivity index (χ2n) is 9.03. The third-order valence-corrected chi connectivity index (χ3v) is 7.39. The number of aryl methyl sites for hydroxylation is 2. The normalized spacial score (nSPS) is 15.0. The van der Waals surface area contributed by atoms with Gasteiger partial charge in [0.1, 0.15) is 5.75 Å². The Morgan fingerprint density at radius 3 is 2.38 bits per heavy atom. The van der Waals surface area contributed by atoms with Gasteiger partial charge in [-0.3, -0.25) is 4.90 Å². The van der Waals surface area contributed by atoms with Gasteiger partial charge in [-0.25, -0.2) is 13.4 Å². The van der Waals surface area contributed by atoms with Crippen LogP contribution in [0.1, 0.15) is 22.3 Å². The summed E-state index contributed by atoms with van der Waals surface area (Å²) in [6, 6.07) is 15.7. The molecule has 0 bridgehead atoms. The van der Waals surface area contributed by atoms with E-state index >= 15 is 0 Å². The van der Waals surface area contributed by atoms with E-state index in [0.717, 1.165) is 40.2 Å². The molecule has 2 aromatic carbocycles. The number of allylic oxidation sites excluding steroid dienone is 1. The molecule has 10 heteroatoms. The molecule has 1 N–H and O–H groups in total. The second-order valence-corrected chi connectivity index (χ2v) is 11.0. The van der Waals surface area contributed by atoms with E-state index in [0.29, 0.717) is 38.0 Å². The summed E-state index contributed by atoms with van der Waals surface area (Å²) in [4.78, 5) is 11.1. The predicted molar refractivity (Wildman–Crippen MR) is 144 cm³/mol. The minimum atomic E-state index is -3.12. The zero-order valence-electron chi connectivity index (χ0n) is 21.2. The van der Waals surface area contributed by atoms with Crippen molar-refractivity contribution >= 4 is 27.7 Å².